The van der Waals surface area contributed by atoms with Crippen LogP contribution in [0.1, 0.15) is 5.56 Å². The molecule has 0 heterocycles. The highest BCUT2D eigenvalue weighted by molar-refractivity contribution is 6.98. The van der Waals surface area contributed by atoms with Crippen LogP contribution < -0.4 is 32.8 Å². The van der Waals surface area contributed by atoms with E-state index in [-0.39, 0.29) is 13.4 Å². The predicted molar refractivity (Wildman–Crippen MR) is 266 cm³/mol. The largest absolute Gasteiger partial charge is 0.242 e. The van der Waals surface area contributed by atoms with Crippen LogP contribution in [0.2, 0.25) is 0 Å². The number of rotatable bonds is 6. The summed E-state index contributed by atoms with van der Waals surface area (Å²) in [6.45, 7) is 8.29. The first-order chi connectivity index (χ1) is 30.6. The molecule has 0 radical (unpaired) electrons. The molecule has 0 aromatic heterocycles. The van der Waals surface area contributed by atoms with E-state index in [2.05, 4.69) is 217 Å². The molecule has 0 N–H and O–H groups in total. The fourth-order valence-electron chi connectivity index (χ4n) is 10.3. The third-order valence-electron chi connectivity index (χ3n) is 13.2. The van der Waals surface area contributed by atoms with E-state index in [1.807, 2.05) is 0 Å². The van der Waals surface area contributed by atoms with Crippen LogP contribution in [0, 0.1) is 17.9 Å². The summed E-state index contributed by atoms with van der Waals surface area (Å²) in [5.41, 5.74) is 8.03. The van der Waals surface area contributed by atoms with Gasteiger partial charge in [0.25, 0.3) is 0 Å². The van der Waals surface area contributed by atoms with Crippen LogP contribution in [0.15, 0.2) is 206 Å². The van der Waals surface area contributed by atoms with Gasteiger partial charge in [0.1, 0.15) is 0 Å². The van der Waals surface area contributed by atoms with Gasteiger partial charge in [-0.2, -0.15) is 5.26 Å². The smallest absolute Gasteiger partial charge is 0.238 e. The molecule has 12 aromatic carbocycles. The van der Waals surface area contributed by atoms with Crippen molar-refractivity contribution >= 4 is 127 Å². The lowest BCUT2D eigenvalue weighted by Crippen LogP contribution is -2.52. The quantitative estimate of drug-likeness (QED) is 0.0938. The highest BCUT2D eigenvalue weighted by Crippen LogP contribution is 2.39. The SMILES string of the molecule is [C-]#[N+]c1cc(B(c2ccc3ccccc3c2)c2ccc3ccccc3c2)c2ccc3c(B(c4ccc5ccccc5c4)c4ccc5ccccc5c4)cc(C#N)c4ccc1c2c43. The van der Waals surface area contributed by atoms with Crippen molar-refractivity contribution in [3.8, 4) is 6.07 Å². The molecule has 282 valence electrons. The molecule has 0 aliphatic heterocycles. The zero-order valence-corrected chi connectivity index (χ0v) is 33.7. The molecule has 0 saturated heterocycles. The molecular weight excluding hydrogens is 746 g/mol. The fourth-order valence-corrected chi connectivity index (χ4v) is 10.3. The minimum absolute atomic E-state index is 0.174. The van der Waals surface area contributed by atoms with E-state index in [4.69, 9.17) is 6.57 Å². The second kappa shape index (κ2) is 14.2. The summed E-state index contributed by atoms with van der Waals surface area (Å²) < 4.78 is 0. The maximum absolute atomic E-state index is 11.0. The Labute approximate surface area is 360 Å². The zero-order chi connectivity index (χ0) is 41.3. The molecule has 4 heteroatoms. The van der Waals surface area contributed by atoms with Gasteiger partial charge in [0.2, 0.25) is 13.4 Å². The van der Waals surface area contributed by atoms with Crippen molar-refractivity contribution in [3.63, 3.8) is 0 Å². The molecule has 0 aliphatic carbocycles. The molecule has 0 bridgehead atoms. The summed E-state index contributed by atoms with van der Waals surface area (Å²) in [5, 5.41) is 26.5. The first-order valence-corrected chi connectivity index (χ1v) is 21.1. The average molecular weight is 781 g/mol. The van der Waals surface area contributed by atoms with E-state index < -0.39 is 0 Å². The summed E-state index contributed by atoms with van der Waals surface area (Å²) >= 11 is 0. The molecule has 0 atom stereocenters. The zero-order valence-electron chi connectivity index (χ0n) is 33.7. The lowest BCUT2D eigenvalue weighted by Gasteiger charge is -2.24. The van der Waals surface area contributed by atoms with Crippen molar-refractivity contribution in [1.82, 2.24) is 0 Å². The van der Waals surface area contributed by atoms with Crippen molar-refractivity contribution in [2.24, 2.45) is 0 Å². The monoisotopic (exact) mass is 780 g/mol. The Bertz CT molecular complexity index is 3460. The topological polar surface area (TPSA) is 28.1 Å². The lowest BCUT2D eigenvalue weighted by atomic mass is 9.35. The normalized spacial score (nSPS) is 11.5. The number of hydrogen-bond acceptors (Lipinski definition) is 1. The van der Waals surface area contributed by atoms with E-state index in [0.29, 0.717) is 11.3 Å². The number of nitrogens with zero attached hydrogens (tertiary/aromatic N) is 2. The molecule has 62 heavy (non-hydrogen) atoms. The van der Waals surface area contributed by atoms with Crippen LogP contribution in [0.25, 0.3) is 80.3 Å². The van der Waals surface area contributed by atoms with Gasteiger partial charge in [-0.25, -0.2) is 4.85 Å². The molecule has 0 saturated carbocycles. The number of fused-ring (bicyclic) bond motifs is 4. The van der Waals surface area contributed by atoms with Crippen LogP contribution in [-0.4, -0.2) is 13.4 Å². The molecule has 0 amide bonds. The molecule has 0 unspecified atom stereocenters. The Morgan fingerprint density at radius 1 is 0.355 bits per heavy atom. The third kappa shape index (κ3) is 5.66. The van der Waals surface area contributed by atoms with E-state index in [1.165, 1.54) is 43.1 Å². The van der Waals surface area contributed by atoms with Crippen LogP contribution in [0.4, 0.5) is 5.69 Å². The van der Waals surface area contributed by atoms with Gasteiger partial charge >= 0.3 is 0 Å². The second-order valence-corrected chi connectivity index (χ2v) is 16.6. The van der Waals surface area contributed by atoms with E-state index in [9.17, 15) is 5.26 Å². The summed E-state index contributed by atoms with van der Waals surface area (Å²) in [7, 11) is 0. The van der Waals surface area contributed by atoms with Gasteiger partial charge in [0, 0.05) is 5.39 Å². The van der Waals surface area contributed by atoms with Gasteiger partial charge in [-0.1, -0.05) is 233 Å². The Balaban J connectivity index is 1.18. The molecule has 0 fully saturated rings. The van der Waals surface area contributed by atoms with Gasteiger partial charge in [0.05, 0.1) is 18.2 Å². The van der Waals surface area contributed by atoms with Crippen molar-refractivity contribution in [3.05, 3.63) is 223 Å². The summed E-state index contributed by atoms with van der Waals surface area (Å²) in [6, 6.07) is 76.7. The van der Waals surface area contributed by atoms with Crippen LogP contribution >= 0.6 is 0 Å². The molecule has 12 rings (SSSR count). The van der Waals surface area contributed by atoms with Crippen molar-refractivity contribution in [1.29, 1.82) is 5.26 Å². The molecule has 2 nitrogen and oxygen atoms in total. The highest BCUT2D eigenvalue weighted by Gasteiger charge is 2.30. The average Bonchev–Trinajstić information content (AvgIpc) is 3.33. The maximum Gasteiger partial charge on any atom is 0.242 e. The molecule has 0 spiro atoms. The summed E-state index contributed by atoms with van der Waals surface area (Å²) in [5.74, 6) is 0. The van der Waals surface area contributed by atoms with Gasteiger partial charge < -0.3 is 0 Å². The highest BCUT2D eigenvalue weighted by atomic mass is 14.6. The van der Waals surface area contributed by atoms with E-state index in [1.54, 1.807) is 0 Å². The molecular formula is C58H34B2N2. The minimum Gasteiger partial charge on any atom is -0.238 e. The van der Waals surface area contributed by atoms with Gasteiger partial charge in [-0.3, -0.25) is 0 Å². The standard InChI is InChI=1S/C58H34B2N2/c1-62-56-35-55(60(48-24-20-39-12-4-8-16-43(39)32-48)49-25-21-40-13-5-9-17-44(40)33-49)52-28-27-51-54(34-45(36-61)50-26-29-53(56)58(52)57(50)51)59(46-22-18-37-10-2-6-14-41(37)30-46)47-23-19-38-11-3-7-15-42(38)31-47/h2-35H. The number of benzene rings is 12. The van der Waals surface area contributed by atoms with Crippen LogP contribution in [-0.2, 0) is 0 Å². The van der Waals surface area contributed by atoms with Crippen LogP contribution in [0.5, 0.6) is 0 Å². The lowest BCUT2D eigenvalue weighted by molar-refractivity contribution is 1.51. The predicted octanol–water partition coefficient (Wildman–Crippen LogP) is 10.7. The van der Waals surface area contributed by atoms with E-state index >= 15 is 0 Å². The summed E-state index contributed by atoms with van der Waals surface area (Å²) in [6.07, 6.45) is 0. The number of nitriles is 1. The number of hydrogen-bond donors (Lipinski definition) is 0. The van der Waals surface area contributed by atoms with Gasteiger partial charge in [-0.15, -0.1) is 0 Å². The first-order valence-electron chi connectivity index (χ1n) is 21.1. The molecule has 12 aromatic rings. The van der Waals surface area contributed by atoms with Crippen molar-refractivity contribution in [2.75, 3.05) is 0 Å². The maximum atomic E-state index is 11.0. The van der Waals surface area contributed by atoms with Gasteiger partial charge in [-0.05, 0) is 76.1 Å². The Morgan fingerprint density at radius 3 is 1.08 bits per heavy atom. The first kappa shape index (κ1) is 35.7. The van der Waals surface area contributed by atoms with Crippen LogP contribution in [0.3, 0.4) is 0 Å². The Hall–Kier alpha value is -8.17. The van der Waals surface area contributed by atoms with Crippen molar-refractivity contribution < 1.29 is 0 Å². The fraction of sp³-hybridized carbons (Fsp3) is 0. The Kier molecular flexibility index (Phi) is 8.21. The third-order valence-corrected chi connectivity index (χ3v) is 13.2. The van der Waals surface area contributed by atoms with E-state index in [0.717, 1.165) is 65.1 Å². The Morgan fingerprint density at radius 2 is 0.694 bits per heavy atom. The second-order valence-electron chi connectivity index (χ2n) is 16.6. The van der Waals surface area contributed by atoms with Crippen molar-refractivity contribution in [2.45, 2.75) is 0 Å². The minimum atomic E-state index is -0.177. The summed E-state index contributed by atoms with van der Waals surface area (Å²) in [4.78, 5) is 4.24. The van der Waals surface area contributed by atoms with Gasteiger partial charge in [0.15, 0.2) is 5.69 Å². The molecule has 0 aliphatic rings.